The molecular formula is C28H31NO4. The first-order valence-electron chi connectivity index (χ1n) is 11.4. The maximum Gasteiger partial charge on any atom is 0.179 e. The van der Waals surface area contributed by atoms with Crippen LogP contribution < -0.4 is 19.5 Å². The van der Waals surface area contributed by atoms with Crippen molar-refractivity contribution in [3.8, 4) is 17.2 Å². The minimum atomic E-state index is -0.271. The van der Waals surface area contributed by atoms with Gasteiger partial charge in [0.05, 0.1) is 20.3 Å². The zero-order valence-electron chi connectivity index (χ0n) is 19.5. The van der Waals surface area contributed by atoms with Gasteiger partial charge in [0.2, 0.25) is 0 Å². The molecule has 33 heavy (non-hydrogen) atoms. The molecule has 4 rings (SSSR count). The SMILES string of the molecule is COc1ccc2c(c1OC)CCC(NC(C)C(=O)c1ccc(OCc3ccccc3)cc1)C2. The molecule has 0 heterocycles. The Morgan fingerprint density at radius 2 is 1.76 bits per heavy atom. The largest absolute Gasteiger partial charge is 0.493 e. The highest BCUT2D eigenvalue weighted by molar-refractivity contribution is 6.00. The second-order valence-electron chi connectivity index (χ2n) is 8.43. The fraction of sp³-hybridized carbons (Fsp3) is 0.321. The number of fused-ring (bicyclic) bond motifs is 1. The van der Waals surface area contributed by atoms with E-state index in [1.165, 1.54) is 11.1 Å². The van der Waals surface area contributed by atoms with Crippen LogP contribution in [0, 0.1) is 0 Å². The number of hydrogen-bond acceptors (Lipinski definition) is 5. The molecule has 0 saturated carbocycles. The van der Waals surface area contributed by atoms with Crippen molar-refractivity contribution in [2.75, 3.05) is 14.2 Å². The van der Waals surface area contributed by atoms with E-state index in [-0.39, 0.29) is 17.9 Å². The van der Waals surface area contributed by atoms with Crippen molar-refractivity contribution in [3.05, 3.63) is 89.0 Å². The van der Waals surface area contributed by atoms with Crippen molar-refractivity contribution < 1.29 is 19.0 Å². The quantitative estimate of drug-likeness (QED) is 0.470. The highest BCUT2D eigenvalue weighted by Gasteiger charge is 2.26. The maximum absolute atomic E-state index is 13.0. The van der Waals surface area contributed by atoms with Crippen molar-refractivity contribution >= 4 is 5.78 Å². The van der Waals surface area contributed by atoms with E-state index in [0.29, 0.717) is 12.2 Å². The van der Waals surface area contributed by atoms with Crippen LogP contribution in [0.25, 0.3) is 0 Å². The molecule has 0 amide bonds. The number of hydrogen-bond donors (Lipinski definition) is 1. The fourth-order valence-corrected chi connectivity index (χ4v) is 4.46. The monoisotopic (exact) mass is 445 g/mol. The van der Waals surface area contributed by atoms with Crippen LogP contribution in [-0.2, 0) is 19.4 Å². The van der Waals surface area contributed by atoms with Gasteiger partial charge in [0, 0.05) is 17.2 Å². The maximum atomic E-state index is 13.0. The molecule has 2 atom stereocenters. The van der Waals surface area contributed by atoms with Crippen LogP contribution in [0.5, 0.6) is 17.2 Å². The summed E-state index contributed by atoms with van der Waals surface area (Å²) >= 11 is 0. The van der Waals surface area contributed by atoms with Gasteiger partial charge in [-0.25, -0.2) is 0 Å². The molecular weight excluding hydrogens is 414 g/mol. The van der Waals surface area contributed by atoms with Gasteiger partial charge in [-0.1, -0.05) is 36.4 Å². The molecule has 172 valence electrons. The Balaban J connectivity index is 1.34. The summed E-state index contributed by atoms with van der Waals surface area (Å²) in [4.78, 5) is 13.0. The molecule has 2 unspecified atom stereocenters. The Morgan fingerprint density at radius 1 is 1.00 bits per heavy atom. The molecule has 5 nitrogen and oxygen atoms in total. The Labute approximate surface area is 195 Å². The number of benzene rings is 3. The molecule has 1 N–H and O–H groups in total. The lowest BCUT2D eigenvalue weighted by Gasteiger charge is -2.29. The molecule has 3 aromatic carbocycles. The van der Waals surface area contributed by atoms with Crippen molar-refractivity contribution in [1.29, 1.82) is 0 Å². The molecule has 1 aliphatic rings. The van der Waals surface area contributed by atoms with Gasteiger partial charge in [-0.15, -0.1) is 0 Å². The molecule has 0 bridgehead atoms. The van der Waals surface area contributed by atoms with E-state index in [1.54, 1.807) is 14.2 Å². The van der Waals surface area contributed by atoms with Gasteiger partial charge in [0.15, 0.2) is 17.3 Å². The average molecular weight is 446 g/mol. The number of rotatable bonds is 9. The highest BCUT2D eigenvalue weighted by Crippen LogP contribution is 2.37. The Hall–Kier alpha value is -3.31. The van der Waals surface area contributed by atoms with Crippen LogP contribution in [0.4, 0.5) is 0 Å². The third kappa shape index (κ3) is 5.37. The number of nitrogens with one attached hydrogen (secondary N) is 1. The molecule has 0 aliphatic heterocycles. The van der Waals surface area contributed by atoms with Crippen LogP contribution in [0.1, 0.15) is 40.4 Å². The van der Waals surface area contributed by atoms with Crippen LogP contribution in [0.2, 0.25) is 0 Å². The smallest absolute Gasteiger partial charge is 0.179 e. The van der Waals surface area contributed by atoms with E-state index < -0.39 is 0 Å². The molecule has 0 fully saturated rings. The zero-order chi connectivity index (χ0) is 23.2. The Bertz CT molecular complexity index is 1080. The fourth-order valence-electron chi connectivity index (χ4n) is 4.46. The molecule has 1 aliphatic carbocycles. The second kappa shape index (κ2) is 10.5. The topological polar surface area (TPSA) is 56.8 Å². The van der Waals surface area contributed by atoms with Crippen molar-refractivity contribution in [2.45, 2.75) is 44.9 Å². The number of carbonyl (C=O) groups excluding carboxylic acids is 1. The lowest BCUT2D eigenvalue weighted by molar-refractivity contribution is 0.0942. The summed E-state index contributed by atoms with van der Waals surface area (Å²) in [6, 6.07) is 21.5. The van der Waals surface area contributed by atoms with E-state index in [0.717, 1.165) is 42.1 Å². The van der Waals surface area contributed by atoms with Gasteiger partial charge in [0.1, 0.15) is 12.4 Å². The van der Waals surface area contributed by atoms with Gasteiger partial charge in [0.25, 0.3) is 0 Å². The summed E-state index contributed by atoms with van der Waals surface area (Å²) in [6.07, 6.45) is 2.70. The third-order valence-corrected chi connectivity index (χ3v) is 6.22. The average Bonchev–Trinajstić information content (AvgIpc) is 2.87. The van der Waals surface area contributed by atoms with E-state index in [9.17, 15) is 4.79 Å². The summed E-state index contributed by atoms with van der Waals surface area (Å²) in [7, 11) is 3.34. The third-order valence-electron chi connectivity index (χ3n) is 6.22. The summed E-state index contributed by atoms with van der Waals surface area (Å²) in [5.74, 6) is 2.43. The zero-order valence-corrected chi connectivity index (χ0v) is 19.5. The van der Waals surface area contributed by atoms with E-state index in [1.807, 2.05) is 67.6 Å². The summed E-state index contributed by atoms with van der Waals surface area (Å²) in [5.41, 5.74) is 4.25. The predicted molar refractivity (Wildman–Crippen MR) is 130 cm³/mol. The van der Waals surface area contributed by atoms with E-state index in [2.05, 4.69) is 11.4 Å². The number of ketones is 1. The van der Waals surface area contributed by atoms with Gasteiger partial charge in [-0.05, 0) is 67.6 Å². The Morgan fingerprint density at radius 3 is 2.45 bits per heavy atom. The van der Waals surface area contributed by atoms with Crippen molar-refractivity contribution in [3.63, 3.8) is 0 Å². The lowest BCUT2D eigenvalue weighted by atomic mass is 9.86. The summed E-state index contributed by atoms with van der Waals surface area (Å²) < 4.78 is 16.8. The first-order valence-corrected chi connectivity index (χ1v) is 11.4. The Kier molecular flexibility index (Phi) is 7.30. The normalized spacial score (nSPS) is 15.9. The van der Waals surface area contributed by atoms with Gasteiger partial charge >= 0.3 is 0 Å². The number of Topliss-reactive ketones (excluding diaryl/α,β-unsaturated/α-hetero) is 1. The molecule has 0 radical (unpaired) electrons. The molecule has 5 heteroatoms. The summed E-state index contributed by atoms with van der Waals surface area (Å²) in [5, 5.41) is 3.53. The summed E-state index contributed by atoms with van der Waals surface area (Å²) in [6.45, 7) is 2.44. The van der Waals surface area contributed by atoms with Crippen LogP contribution in [-0.4, -0.2) is 32.1 Å². The van der Waals surface area contributed by atoms with Crippen molar-refractivity contribution in [1.82, 2.24) is 5.32 Å². The molecule has 0 saturated heterocycles. The first-order chi connectivity index (χ1) is 16.1. The predicted octanol–water partition coefficient (Wildman–Crippen LogP) is 5.00. The van der Waals surface area contributed by atoms with Gasteiger partial charge < -0.3 is 19.5 Å². The standard InChI is InChI=1S/C28H31NO4/c1-19(29-23-12-15-25-22(17-23)11-16-26(31-2)28(25)32-3)27(30)21-9-13-24(14-10-21)33-18-20-7-5-4-6-8-20/h4-11,13-14,16,19,23,29H,12,15,17-18H2,1-3H3. The van der Waals surface area contributed by atoms with Crippen LogP contribution in [0.3, 0.4) is 0 Å². The van der Waals surface area contributed by atoms with Crippen LogP contribution >= 0.6 is 0 Å². The van der Waals surface area contributed by atoms with E-state index in [4.69, 9.17) is 14.2 Å². The molecule has 3 aromatic rings. The minimum Gasteiger partial charge on any atom is -0.493 e. The number of ether oxygens (including phenoxy) is 3. The van der Waals surface area contributed by atoms with E-state index >= 15 is 0 Å². The number of methoxy groups -OCH3 is 2. The van der Waals surface area contributed by atoms with Crippen molar-refractivity contribution in [2.24, 2.45) is 0 Å². The number of carbonyl (C=O) groups is 1. The first kappa shape index (κ1) is 22.9. The van der Waals surface area contributed by atoms with Crippen LogP contribution in [0.15, 0.2) is 66.7 Å². The van der Waals surface area contributed by atoms with Gasteiger partial charge in [-0.3, -0.25) is 4.79 Å². The molecule has 0 spiro atoms. The minimum absolute atomic E-state index is 0.0858. The second-order valence-corrected chi connectivity index (χ2v) is 8.43. The van der Waals surface area contributed by atoms with Gasteiger partial charge in [-0.2, -0.15) is 0 Å². The molecule has 0 aromatic heterocycles. The highest BCUT2D eigenvalue weighted by atomic mass is 16.5. The lowest BCUT2D eigenvalue weighted by Crippen LogP contribution is -2.44.